The average molecular weight is 460 g/mol. The van der Waals surface area contributed by atoms with Crippen LogP contribution in [-0.4, -0.2) is 48.9 Å². The number of hydrogen-bond donors (Lipinski definition) is 3. The Morgan fingerprint density at radius 3 is 2.61 bits per heavy atom. The Kier molecular flexibility index (Phi) is 7.39. The highest BCUT2D eigenvalue weighted by Gasteiger charge is 2.32. The number of ether oxygens (including phenoxy) is 2. The third-order valence-corrected chi connectivity index (χ3v) is 5.16. The number of alkyl halides is 2. The summed E-state index contributed by atoms with van der Waals surface area (Å²) in [5.74, 6) is -2.66. The number of aliphatic hydroxyl groups is 1. The molecule has 3 aromatic rings. The molecule has 0 saturated heterocycles. The molecule has 3 rings (SSSR count). The van der Waals surface area contributed by atoms with E-state index in [4.69, 9.17) is 4.74 Å². The lowest BCUT2D eigenvalue weighted by Gasteiger charge is -2.21. The van der Waals surface area contributed by atoms with Gasteiger partial charge in [-0.2, -0.15) is 8.78 Å². The molecule has 2 aromatic carbocycles. The quantitative estimate of drug-likeness (QED) is 0.449. The first-order chi connectivity index (χ1) is 15.7. The number of halogens is 2. The Hall–Kier alpha value is -3.37. The predicted molar refractivity (Wildman–Crippen MR) is 120 cm³/mol. The second-order valence-corrected chi connectivity index (χ2v) is 7.42. The summed E-state index contributed by atoms with van der Waals surface area (Å²) in [7, 11) is 4.17. The number of aliphatic hydroxyl groups excluding tert-OH is 1. The van der Waals surface area contributed by atoms with Gasteiger partial charge in [-0.15, -0.1) is 0 Å². The molecule has 0 saturated carbocycles. The summed E-state index contributed by atoms with van der Waals surface area (Å²) in [6.45, 7) is 0.666. The summed E-state index contributed by atoms with van der Waals surface area (Å²) < 4.78 is 38.6. The van der Waals surface area contributed by atoms with E-state index in [1.54, 1.807) is 31.2 Å². The molecule has 176 valence electrons. The normalized spacial score (nSPS) is 12.5. The maximum absolute atomic E-state index is 14.3. The Balaban J connectivity index is 2.05. The van der Waals surface area contributed by atoms with Crippen LogP contribution >= 0.6 is 0 Å². The Labute approximate surface area is 190 Å². The number of nitrogens with one attached hydrogen (secondary N) is 2. The molecule has 10 heteroatoms. The predicted octanol–water partition coefficient (Wildman–Crippen LogP) is 3.40. The van der Waals surface area contributed by atoms with E-state index < -0.39 is 25.2 Å². The standard InChI is InChI=1S/C23H26F2N4O4/c1-13(14-6-5-7-15(8-14)23(24,25)12-32-3)27-21-16-9-17(22(31)26-2)19(33-4)10-18(16)28-20(11-30)29-21/h5-10,13,30H,11-12H2,1-4H3,(H,26,31)(H,27,28,29)/t13-/m1/s1. The molecule has 1 heterocycles. The van der Waals surface area contributed by atoms with E-state index in [1.165, 1.54) is 33.4 Å². The highest BCUT2D eigenvalue weighted by atomic mass is 19.3. The van der Waals surface area contributed by atoms with Crippen LogP contribution in [0.4, 0.5) is 14.6 Å². The maximum Gasteiger partial charge on any atom is 0.296 e. The maximum atomic E-state index is 14.3. The molecule has 1 aromatic heterocycles. The largest absolute Gasteiger partial charge is 0.496 e. The minimum atomic E-state index is -3.13. The molecule has 1 amide bonds. The van der Waals surface area contributed by atoms with Gasteiger partial charge in [-0.25, -0.2) is 9.97 Å². The van der Waals surface area contributed by atoms with E-state index >= 15 is 0 Å². The first-order valence-electron chi connectivity index (χ1n) is 10.2. The number of carbonyl (C=O) groups is 1. The van der Waals surface area contributed by atoms with Crippen molar-refractivity contribution in [3.8, 4) is 5.75 Å². The number of hydrogen-bond acceptors (Lipinski definition) is 7. The number of fused-ring (bicyclic) bond motifs is 1. The van der Waals surface area contributed by atoms with Gasteiger partial charge < -0.3 is 25.2 Å². The van der Waals surface area contributed by atoms with Crippen molar-refractivity contribution in [2.45, 2.75) is 25.5 Å². The molecule has 1 atom stereocenters. The zero-order chi connectivity index (χ0) is 24.2. The lowest BCUT2D eigenvalue weighted by molar-refractivity contribution is -0.0698. The van der Waals surface area contributed by atoms with Crippen LogP contribution in [0.2, 0.25) is 0 Å². The molecule has 0 bridgehead atoms. The summed E-state index contributed by atoms with van der Waals surface area (Å²) in [6, 6.07) is 8.78. The number of aromatic nitrogens is 2. The van der Waals surface area contributed by atoms with Gasteiger partial charge in [0.15, 0.2) is 5.82 Å². The first kappa shape index (κ1) is 24.3. The van der Waals surface area contributed by atoms with Crippen molar-refractivity contribution in [3.63, 3.8) is 0 Å². The van der Waals surface area contributed by atoms with E-state index in [1.807, 2.05) is 0 Å². The molecule has 0 spiro atoms. The fraction of sp³-hybridized carbons (Fsp3) is 0.348. The van der Waals surface area contributed by atoms with Crippen LogP contribution in [0, 0.1) is 0 Å². The molecule has 0 radical (unpaired) electrons. The molecule has 0 aliphatic rings. The topological polar surface area (TPSA) is 106 Å². The van der Waals surface area contributed by atoms with Crippen molar-refractivity contribution < 1.29 is 28.2 Å². The number of methoxy groups -OCH3 is 2. The fourth-order valence-electron chi connectivity index (χ4n) is 3.45. The van der Waals surface area contributed by atoms with Gasteiger partial charge in [-0.05, 0) is 24.6 Å². The van der Waals surface area contributed by atoms with Crippen molar-refractivity contribution in [1.29, 1.82) is 0 Å². The van der Waals surface area contributed by atoms with Crippen LogP contribution < -0.4 is 15.4 Å². The molecule has 0 aliphatic carbocycles. The van der Waals surface area contributed by atoms with E-state index in [0.717, 1.165) is 0 Å². The molecule has 8 nitrogen and oxygen atoms in total. The van der Waals surface area contributed by atoms with Crippen molar-refractivity contribution in [2.75, 3.05) is 33.2 Å². The summed E-state index contributed by atoms with van der Waals surface area (Å²) in [6.07, 6.45) is 0. The second kappa shape index (κ2) is 10.1. The highest BCUT2D eigenvalue weighted by molar-refractivity contribution is 6.03. The summed E-state index contributed by atoms with van der Waals surface area (Å²) in [5.41, 5.74) is 1.17. The Morgan fingerprint density at radius 1 is 1.21 bits per heavy atom. The number of amides is 1. The van der Waals surface area contributed by atoms with Gasteiger partial charge in [-0.1, -0.05) is 18.2 Å². The summed E-state index contributed by atoms with van der Waals surface area (Å²) in [5, 5.41) is 15.9. The first-order valence-corrected chi connectivity index (χ1v) is 10.2. The third kappa shape index (κ3) is 5.18. The zero-order valence-electron chi connectivity index (χ0n) is 18.8. The van der Waals surface area contributed by atoms with Crippen LogP contribution in [-0.2, 0) is 17.3 Å². The van der Waals surface area contributed by atoms with E-state index in [2.05, 4.69) is 25.3 Å². The molecule has 0 unspecified atom stereocenters. The minimum Gasteiger partial charge on any atom is -0.496 e. The monoisotopic (exact) mass is 460 g/mol. The van der Waals surface area contributed by atoms with Gasteiger partial charge in [0, 0.05) is 37.2 Å². The van der Waals surface area contributed by atoms with E-state index in [0.29, 0.717) is 28.0 Å². The van der Waals surface area contributed by atoms with E-state index in [-0.39, 0.29) is 22.9 Å². The van der Waals surface area contributed by atoms with Crippen molar-refractivity contribution in [2.24, 2.45) is 0 Å². The van der Waals surface area contributed by atoms with Gasteiger partial charge in [0.25, 0.3) is 11.8 Å². The molecular weight excluding hydrogens is 434 g/mol. The lowest BCUT2D eigenvalue weighted by Crippen LogP contribution is -2.21. The highest BCUT2D eigenvalue weighted by Crippen LogP contribution is 2.33. The summed E-state index contributed by atoms with van der Waals surface area (Å²) >= 11 is 0. The summed E-state index contributed by atoms with van der Waals surface area (Å²) in [4.78, 5) is 21.0. The SMILES string of the molecule is CNC(=O)c1cc2c(N[C@H](C)c3cccc(C(F)(F)COC)c3)nc(CO)nc2cc1OC. The second-order valence-electron chi connectivity index (χ2n) is 7.42. The molecular formula is C23H26F2N4O4. The molecule has 0 fully saturated rings. The van der Waals surface area contributed by atoms with Crippen LogP contribution in [0.15, 0.2) is 36.4 Å². The van der Waals surface area contributed by atoms with Crippen molar-refractivity contribution in [3.05, 3.63) is 58.9 Å². The van der Waals surface area contributed by atoms with Crippen LogP contribution in [0.3, 0.4) is 0 Å². The van der Waals surface area contributed by atoms with Gasteiger partial charge in [0.1, 0.15) is 24.8 Å². The van der Waals surface area contributed by atoms with Crippen LogP contribution in [0.25, 0.3) is 10.9 Å². The smallest absolute Gasteiger partial charge is 0.296 e. The number of carbonyl (C=O) groups excluding carboxylic acids is 1. The van der Waals surface area contributed by atoms with Crippen LogP contribution in [0.5, 0.6) is 5.75 Å². The van der Waals surface area contributed by atoms with Crippen LogP contribution in [0.1, 0.15) is 40.3 Å². The van der Waals surface area contributed by atoms with Gasteiger partial charge in [0.2, 0.25) is 0 Å². The van der Waals surface area contributed by atoms with Gasteiger partial charge in [0.05, 0.1) is 18.2 Å². The number of benzene rings is 2. The zero-order valence-corrected chi connectivity index (χ0v) is 18.8. The lowest BCUT2D eigenvalue weighted by atomic mass is 10.0. The number of nitrogens with zero attached hydrogens (tertiary/aromatic N) is 2. The molecule has 3 N–H and O–H groups in total. The van der Waals surface area contributed by atoms with E-state index in [9.17, 15) is 18.7 Å². The van der Waals surface area contributed by atoms with Crippen molar-refractivity contribution in [1.82, 2.24) is 15.3 Å². The van der Waals surface area contributed by atoms with Gasteiger partial charge in [-0.3, -0.25) is 4.79 Å². The van der Waals surface area contributed by atoms with Gasteiger partial charge >= 0.3 is 0 Å². The minimum absolute atomic E-state index is 0.160. The Bertz CT molecular complexity index is 1160. The molecule has 0 aliphatic heterocycles. The van der Waals surface area contributed by atoms with Crippen molar-refractivity contribution >= 4 is 22.6 Å². The molecule has 33 heavy (non-hydrogen) atoms. The average Bonchev–Trinajstić information content (AvgIpc) is 2.82. The third-order valence-electron chi connectivity index (χ3n) is 5.16. The number of anilines is 1. The fourth-order valence-corrected chi connectivity index (χ4v) is 3.45. The number of rotatable bonds is 9. The Morgan fingerprint density at radius 2 is 1.97 bits per heavy atom.